The van der Waals surface area contributed by atoms with Gasteiger partial charge in [0.25, 0.3) is 0 Å². The second-order valence-corrected chi connectivity index (χ2v) is 4.81. The Morgan fingerprint density at radius 1 is 1.47 bits per heavy atom. The first-order valence-electron chi connectivity index (χ1n) is 5.11. The molecule has 2 aromatic rings. The normalized spacial score (nSPS) is 13.2. The van der Waals surface area contributed by atoms with Gasteiger partial charge in [0.05, 0.1) is 40.5 Å². The smallest absolute Gasteiger partial charge is 0.109 e. The minimum Gasteiger partial charge on any atom is -0.270 e. The third-order valence-electron chi connectivity index (χ3n) is 2.39. The molecule has 2 rings (SSSR count). The molecule has 0 amide bonds. The molecular weight excluding hydrogens is 260 g/mol. The predicted octanol–water partition coefficient (Wildman–Crippen LogP) is 1.52. The molecule has 0 aliphatic heterocycles. The van der Waals surface area contributed by atoms with Gasteiger partial charge in [0.15, 0.2) is 0 Å². The van der Waals surface area contributed by atoms with Gasteiger partial charge in [-0.25, -0.2) is 5.43 Å². The summed E-state index contributed by atoms with van der Waals surface area (Å²) in [5.41, 5.74) is 4.24. The molecule has 0 spiro atoms. The maximum Gasteiger partial charge on any atom is 0.109 e. The summed E-state index contributed by atoms with van der Waals surface area (Å²) in [6.07, 6.45) is 3.28. The fourth-order valence-corrected chi connectivity index (χ4v) is 2.32. The van der Waals surface area contributed by atoms with Crippen molar-refractivity contribution < 1.29 is 0 Å². The van der Waals surface area contributed by atoms with Crippen molar-refractivity contribution in [2.45, 2.75) is 25.9 Å². The van der Waals surface area contributed by atoms with Gasteiger partial charge in [0.2, 0.25) is 0 Å². The number of aromatic nitrogens is 4. The first-order chi connectivity index (χ1) is 8.15. The van der Waals surface area contributed by atoms with E-state index in [1.165, 1.54) is 0 Å². The molecule has 6 nitrogen and oxygen atoms in total. The number of hydrogen-bond donors (Lipinski definition) is 2. The van der Waals surface area contributed by atoms with E-state index in [1.54, 1.807) is 12.4 Å². The third-order valence-corrected chi connectivity index (χ3v) is 3.17. The van der Waals surface area contributed by atoms with E-state index in [1.807, 2.05) is 18.5 Å². The summed E-state index contributed by atoms with van der Waals surface area (Å²) in [4.78, 5) is 0. The van der Waals surface area contributed by atoms with E-state index < -0.39 is 0 Å². The van der Waals surface area contributed by atoms with Crippen molar-refractivity contribution in [1.82, 2.24) is 24.0 Å². The fourth-order valence-electron chi connectivity index (χ4n) is 1.64. The Morgan fingerprint density at radius 3 is 2.76 bits per heavy atom. The minimum atomic E-state index is -0.300. The highest BCUT2D eigenvalue weighted by molar-refractivity contribution is 6.99. The molecule has 0 aromatic carbocycles. The lowest BCUT2D eigenvalue weighted by Crippen LogP contribution is -2.31. The van der Waals surface area contributed by atoms with Gasteiger partial charge in [0, 0.05) is 6.04 Å². The van der Waals surface area contributed by atoms with Crippen LogP contribution in [0.1, 0.15) is 37.3 Å². The van der Waals surface area contributed by atoms with E-state index in [2.05, 4.69) is 19.3 Å². The lowest BCUT2D eigenvalue weighted by molar-refractivity contribution is 0.474. The number of rotatable bonds is 4. The van der Waals surface area contributed by atoms with Crippen molar-refractivity contribution in [3.8, 4) is 0 Å². The zero-order valence-electron chi connectivity index (χ0n) is 9.46. The zero-order valence-corrected chi connectivity index (χ0v) is 11.0. The van der Waals surface area contributed by atoms with Gasteiger partial charge in [-0.3, -0.25) is 10.5 Å². The topological polar surface area (TPSA) is 81.7 Å². The Bertz CT molecular complexity index is 480. The van der Waals surface area contributed by atoms with Crippen LogP contribution in [0.2, 0.25) is 5.02 Å². The lowest BCUT2D eigenvalue weighted by Gasteiger charge is -2.18. The Kier molecular flexibility index (Phi) is 3.72. The maximum absolute atomic E-state index is 6.16. The van der Waals surface area contributed by atoms with Gasteiger partial charge in [-0.05, 0) is 13.8 Å². The Labute approximate surface area is 108 Å². The van der Waals surface area contributed by atoms with E-state index in [-0.39, 0.29) is 12.1 Å². The van der Waals surface area contributed by atoms with Crippen LogP contribution < -0.4 is 11.3 Å². The molecule has 0 saturated carbocycles. The maximum atomic E-state index is 6.16. The van der Waals surface area contributed by atoms with Crippen LogP contribution in [0, 0.1) is 0 Å². The summed E-state index contributed by atoms with van der Waals surface area (Å²) in [5.74, 6) is 5.58. The van der Waals surface area contributed by atoms with Crippen LogP contribution in [-0.4, -0.2) is 18.5 Å². The van der Waals surface area contributed by atoms with Crippen molar-refractivity contribution in [3.63, 3.8) is 0 Å². The van der Waals surface area contributed by atoms with E-state index in [9.17, 15) is 0 Å². The van der Waals surface area contributed by atoms with E-state index in [4.69, 9.17) is 17.4 Å². The van der Waals surface area contributed by atoms with Crippen LogP contribution >= 0.6 is 23.3 Å². The van der Waals surface area contributed by atoms with Gasteiger partial charge in [-0.2, -0.15) is 13.8 Å². The van der Waals surface area contributed by atoms with E-state index in [0.29, 0.717) is 5.02 Å². The summed E-state index contributed by atoms with van der Waals surface area (Å²) in [7, 11) is 0. The average Bonchev–Trinajstić information content (AvgIpc) is 2.91. The molecule has 0 aliphatic rings. The predicted molar refractivity (Wildman–Crippen MR) is 66.7 cm³/mol. The number of nitrogens with two attached hydrogens (primary N) is 1. The highest BCUT2D eigenvalue weighted by atomic mass is 35.5. The molecule has 2 aromatic heterocycles. The molecule has 1 atom stereocenters. The van der Waals surface area contributed by atoms with Gasteiger partial charge >= 0.3 is 0 Å². The van der Waals surface area contributed by atoms with Gasteiger partial charge in [-0.1, -0.05) is 11.6 Å². The molecule has 0 bridgehead atoms. The fraction of sp³-hybridized carbons (Fsp3) is 0.444. The van der Waals surface area contributed by atoms with Crippen LogP contribution in [0.4, 0.5) is 0 Å². The van der Waals surface area contributed by atoms with Gasteiger partial charge < -0.3 is 0 Å². The first-order valence-corrected chi connectivity index (χ1v) is 6.22. The molecule has 0 saturated heterocycles. The van der Waals surface area contributed by atoms with Crippen molar-refractivity contribution in [2.24, 2.45) is 5.84 Å². The summed E-state index contributed by atoms with van der Waals surface area (Å²) in [5, 5.41) is 4.80. The monoisotopic (exact) mass is 272 g/mol. The van der Waals surface area contributed by atoms with Crippen LogP contribution in [0.3, 0.4) is 0 Å². The number of hydrazine groups is 1. The zero-order chi connectivity index (χ0) is 12.4. The summed E-state index contributed by atoms with van der Waals surface area (Å²) in [6.45, 7) is 4.05. The summed E-state index contributed by atoms with van der Waals surface area (Å²) in [6, 6.07) is -0.105. The van der Waals surface area contributed by atoms with Crippen LogP contribution in [0.25, 0.3) is 0 Å². The second kappa shape index (κ2) is 5.09. The Morgan fingerprint density at radius 2 is 2.24 bits per heavy atom. The second-order valence-electron chi connectivity index (χ2n) is 3.85. The molecule has 1 unspecified atom stereocenters. The molecular formula is C9H13ClN6S. The first kappa shape index (κ1) is 12.4. The highest BCUT2D eigenvalue weighted by Crippen LogP contribution is 2.28. The van der Waals surface area contributed by atoms with Crippen molar-refractivity contribution in [3.05, 3.63) is 28.8 Å². The van der Waals surface area contributed by atoms with Crippen molar-refractivity contribution >= 4 is 23.3 Å². The summed E-state index contributed by atoms with van der Waals surface area (Å²) >= 11 is 7.29. The molecule has 92 valence electrons. The molecule has 2 heterocycles. The Balaban J connectivity index is 2.47. The van der Waals surface area contributed by atoms with Crippen LogP contribution in [0.15, 0.2) is 12.4 Å². The van der Waals surface area contributed by atoms with E-state index >= 15 is 0 Å². The molecule has 0 aliphatic carbocycles. The molecule has 0 fully saturated rings. The largest absolute Gasteiger partial charge is 0.270 e. The molecule has 3 N–H and O–H groups in total. The number of halogens is 1. The average molecular weight is 273 g/mol. The molecule has 17 heavy (non-hydrogen) atoms. The van der Waals surface area contributed by atoms with Crippen molar-refractivity contribution in [2.75, 3.05) is 0 Å². The molecule has 0 radical (unpaired) electrons. The van der Waals surface area contributed by atoms with E-state index in [0.717, 1.165) is 23.1 Å². The third kappa shape index (κ3) is 2.32. The number of nitrogens with zero attached hydrogens (tertiary/aromatic N) is 4. The number of hydrogen-bond acceptors (Lipinski definition) is 6. The van der Waals surface area contributed by atoms with Gasteiger partial charge in [0.1, 0.15) is 6.04 Å². The SMILES string of the molecule is CC(C)n1ncc(Cl)c1C(NN)c1cnsn1. The van der Waals surface area contributed by atoms with Gasteiger partial charge in [-0.15, -0.1) is 0 Å². The minimum absolute atomic E-state index is 0.194. The lowest BCUT2D eigenvalue weighted by atomic mass is 10.1. The highest BCUT2D eigenvalue weighted by Gasteiger charge is 2.24. The van der Waals surface area contributed by atoms with Crippen molar-refractivity contribution in [1.29, 1.82) is 0 Å². The molecule has 8 heteroatoms. The van der Waals surface area contributed by atoms with Crippen LogP contribution in [0.5, 0.6) is 0 Å². The number of nitrogens with one attached hydrogen (secondary N) is 1. The van der Waals surface area contributed by atoms with Crippen LogP contribution in [-0.2, 0) is 0 Å². The Hall–Kier alpha value is -1.02. The summed E-state index contributed by atoms with van der Waals surface area (Å²) < 4.78 is 9.97. The quantitative estimate of drug-likeness (QED) is 0.651. The standard InChI is InChI=1S/C9H13ClN6S/c1-5(2)16-9(6(10)3-12-16)8(14-11)7-4-13-17-15-7/h3-5,8,14H,11H2,1-2H3.